The molecule has 1 fully saturated rings. The smallest absolute Gasteiger partial charge is 0.325 e. The topological polar surface area (TPSA) is 40.5 Å². The van der Waals surface area contributed by atoms with Crippen LogP contribution >= 0.6 is 15.9 Å². The van der Waals surface area contributed by atoms with Gasteiger partial charge in [0.1, 0.15) is 11.9 Å². The van der Waals surface area contributed by atoms with Crippen molar-refractivity contribution in [3.8, 4) is 0 Å². The molecule has 2 rings (SSSR count). The Kier molecular flexibility index (Phi) is 3.49. The first kappa shape index (κ1) is 12.5. The second-order valence-corrected chi connectivity index (χ2v) is 5.22. The van der Waals surface area contributed by atoms with Gasteiger partial charge in [0.15, 0.2) is 0 Å². The number of halogens is 2. The molecule has 1 aromatic rings. The molecular weight excluding hydrogens is 289 g/mol. The highest BCUT2D eigenvalue weighted by molar-refractivity contribution is 9.10. The number of carbonyl (C=O) groups is 1. The zero-order valence-electron chi connectivity index (χ0n) is 9.36. The van der Waals surface area contributed by atoms with Crippen LogP contribution in [0.1, 0.15) is 24.4 Å². The summed E-state index contributed by atoms with van der Waals surface area (Å²) < 4.78 is 14.4. The van der Waals surface area contributed by atoms with Crippen LogP contribution in [0.3, 0.4) is 0 Å². The Morgan fingerprint density at radius 3 is 2.76 bits per heavy atom. The number of rotatable bonds is 4. The Morgan fingerprint density at radius 2 is 2.24 bits per heavy atom. The van der Waals surface area contributed by atoms with Crippen LogP contribution in [0, 0.1) is 5.82 Å². The molecule has 0 amide bonds. The van der Waals surface area contributed by atoms with Gasteiger partial charge < -0.3 is 5.11 Å². The highest BCUT2D eigenvalue weighted by Gasteiger charge is 2.36. The predicted molar refractivity (Wildman–Crippen MR) is 65.3 cm³/mol. The van der Waals surface area contributed by atoms with Gasteiger partial charge in [-0.1, -0.05) is 15.9 Å². The predicted octanol–water partition coefficient (Wildman–Crippen LogP) is 2.81. The lowest BCUT2D eigenvalue weighted by molar-refractivity contribution is -0.143. The van der Waals surface area contributed by atoms with Gasteiger partial charge in [0.2, 0.25) is 0 Å². The van der Waals surface area contributed by atoms with E-state index < -0.39 is 17.8 Å². The van der Waals surface area contributed by atoms with Crippen LogP contribution in [-0.2, 0) is 4.79 Å². The summed E-state index contributed by atoms with van der Waals surface area (Å²) in [6.07, 6.45) is 1.96. The van der Waals surface area contributed by atoms with Gasteiger partial charge in [0.25, 0.3) is 0 Å². The Bertz CT molecular complexity index is 448. The minimum Gasteiger partial charge on any atom is -0.480 e. The summed E-state index contributed by atoms with van der Waals surface area (Å²) >= 11 is 3.24. The quantitative estimate of drug-likeness (QED) is 0.930. The average molecular weight is 302 g/mol. The minimum atomic E-state index is -1.02. The Balaban J connectivity index is 2.37. The maximum atomic E-state index is 13.7. The van der Waals surface area contributed by atoms with Crippen molar-refractivity contribution < 1.29 is 14.3 Å². The van der Waals surface area contributed by atoms with Gasteiger partial charge >= 0.3 is 5.97 Å². The summed E-state index contributed by atoms with van der Waals surface area (Å²) in [6, 6.07) is 3.73. The largest absolute Gasteiger partial charge is 0.480 e. The van der Waals surface area contributed by atoms with Gasteiger partial charge in [-0.15, -0.1) is 0 Å². The van der Waals surface area contributed by atoms with Crippen LogP contribution in [0.5, 0.6) is 0 Å². The molecule has 92 valence electrons. The molecule has 1 aliphatic rings. The van der Waals surface area contributed by atoms with Crippen molar-refractivity contribution in [2.24, 2.45) is 0 Å². The summed E-state index contributed by atoms with van der Waals surface area (Å²) in [7, 11) is 1.73. The van der Waals surface area contributed by atoms with Crippen LogP contribution in [0.4, 0.5) is 4.39 Å². The summed E-state index contributed by atoms with van der Waals surface area (Å²) in [5.74, 6) is -1.50. The van der Waals surface area contributed by atoms with E-state index in [1.54, 1.807) is 18.0 Å². The van der Waals surface area contributed by atoms with Gasteiger partial charge in [-0.3, -0.25) is 9.69 Å². The van der Waals surface area contributed by atoms with Gasteiger partial charge in [0, 0.05) is 16.1 Å². The molecule has 17 heavy (non-hydrogen) atoms. The van der Waals surface area contributed by atoms with E-state index in [0.717, 1.165) is 12.8 Å². The zero-order valence-corrected chi connectivity index (χ0v) is 10.9. The van der Waals surface area contributed by atoms with Crippen LogP contribution in [-0.4, -0.2) is 29.1 Å². The first-order valence-electron chi connectivity index (χ1n) is 5.40. The van der Waals surface area contributed by atoms with E-state index in [4.69, 9.17) is 0 Å². The Hall–Kier alpha value is -0.940. The van der Waals surface area contributed by atoms with Crippen molar-refractivity contribution >= 4 is 21.9 Å². The van der Waals surface area contributed by atoms with Crippen molar-refractivity contribution in [2.45, 2.75) is 24.9 Å². The average Bonchev–Trinajstić information content (AvgIpc) is 3.06. The van der Waals surface area contributed by atoms with Crippen LogP contribution in [0.2, 0.25) is 0 Å². The van der Waals surface area contributed by atoms with Crippen LogP contribution in [0.25, 0.3) is 0 Å². The molecule has 0 radical (unpaired) electrons. The number of hydrogen-bond donors (Lipinski definition) is 1. The molecule has 0 bridgehead atoms. The second kappa shape index (κ2) is 4.74. The van der Waals surface area contributed by atoms with E-state index >= 15 is 0 Å². The van der Waals surface area contributed by atoms with Crippen molar-refractivity contribution in [1.82, 2.24) is 4.90 Å². The lowest BCUT2D eigenvalue weighted by Crippen LogP contribution is -2.33. The summed E-state index contributed by atoms with van der Waals surface area (Å²) in [5.41, 5.74) is 0.210. The first-order chi connectivity index (χ1) is 8.00. The summed E-state index contributed by atoms with van der Waals surface area (Å²) in [5, 5.41) is 9.27. The van der Waals surface area contributed by atoms with E-state index in [9.17, 15) is 14.3 Å². The van der Waals surface area contributed by atoms with Crippen molar-refractivity contribution in [1.29, 1.82) is 0 Å². The van der Waals surface area contributed by atoms with E-state index in [1.807, 2.05) is 0 Å². The zero-order chi connectivity index (χ0) is 12.6. The number of carboxylic acids is 1. The molecule has 0 spiro atoms. The third-order valence-corrected chi connectivity index (χ3v) is 3.51. The lowest BCUT2D eigenvalue weighted by Gasteiger charge is -2.25. The molecule has 1 atom stereocenters. The number of likely N-dealkylation sites (N-methyl/N-ethyl adjacent to an activating group) is 1. The molecule has 1 unspecified atom stereocenters. The fourth-order valence-corrected chi connectivity index (χ4v) is 2.32. The van der Waals surface area contributed by atoms with Crippen molar-refractivity contribution in [3.63, 3.8) is 0 Å². The van der Waals surface area contributed by atoms with Crippen LogP contribution in [0.15, 0.2) is 22.7 Å². The monoisotopic (exact) mass is 301 g/mol. The molecular formula is C12H13BrFNO2. The highest BCUT2D eigenvalue weighted by atomic mass is 79.9. The van der Waals surface area contributed by atoms with Gasteiger partial charge in [-0.2, -0.15) is 0 Å². The van der Waals surface area contributed by atoms with E-state index in [2.05, 4.69) is 15.9 Å². The lowest BCUT2D eigenvalue weighted by atomic mass is 10.1. The van der Waals surface area contributed by atoms with E-state index in [0.29, 0.717) is 4.47 Å². The summed E-state index contributed by atoms with van der Waals surface area (Å²) in [4.78, 5) is 13.0. The molecule has 1 aliphatic carbocycles. The third-order valence-electron chi connectivity index (χ3n) is 3.02. The normalized spacial score (nSPS) is 17.2. The van der Waals surface area contributed by atoms with Crippen LogP contribution < -0.4 is 0 Å². The number of benzene rings is 1. The molecule has 3 nitrogen and oxygen atoms in total. The maximum absolute atomic E-state index is 13.7. The third kappa shape index (κ3) is 2.66. The highest BCUT2D eigenvalue weighted by Crippen LogP contribution is 2.34. The molecule has 5 heteroatoms. The fraction of sp³-hybridized carbons (Fsp3) is 0.417. The molecule has 1 saturated carbocycles. The number of carboxylic acid groups (broad SMARTS) is 1. The molecule has 1 aromatic carbocycles. The number of nitrogens with zero attached hydrogens (tertiary/aromatic N) is 1. The molecule has 0 aliphatic heterocycles. The standard InChI is InChI=1S/C12H13BrFNO2/c1-15(8-3-4-8)11(12(16)17)9-6-7(13)2-5-10(9)14/h2,5-6,8,11H,3-4H2,1H3,(H,16,17). The summed E-state index contributed by atoms with van der Waals surface area (Å²) in [6.45, 7) is 0. The molecule has 0 aromatic heterocycles. The number of aliphatic carboxylic acids is 1. The molecule has 0 saturated heterocycles. The van der Waals surface area contributed by atoms with Crippen molar-refractivity contribution in [3.05, 3.63) is 34.1 Å². The van der Waals surface area contributed by atoms with Gasteiger partial charge in [-0.05, 0) is 38.1 Å². The first-order valence-corrected chi connectivity index (χ1v) is 6.19. The maximum Gasteiger partial charge on any atom is 0.325 e. The Labute approximate surface area is 107 Å². The SMILES string of the molecule is CN(C1CC1)C(C(=O)O)c1cc(Br)ccc1F. The van der Waals surface area contributed by atoms with Gasteiger partial charge in [-0.25, -0.2) is 4.39 Å². The second-order valence-electron chi connectivity index (χ2n) is 4.30. The Morgan fingerprint density at radius 1 is 1.59 bits per heavy atom. The molecule has 0 heterocycles. The molecule has 1 N–H and O–H groups in total. The fourth-order valence-electron chi connectivity index (χ4n) is 1.94. The van der Waals surface area contributed by atoms with Gasteiger partial charge in [0.05, 0.1) is 0 Å². The van der Waals surface area contributed by atoms with Crippen molar-refractivity contribution in [2.75, 3.05) is 7.05 Å². The van der Waals surface area contributed by atoms with E-state index in [-0.39, 0.29) is 11.6 Å². The number of hydrogen-bond acceptors (Lipinski definition) is 2. The minimum absolute atomic E-state index is 0.210. The van der Waals surface area contributed by atoms with E-state index in [1.165, 1.54) is 12.1 Å².